The monoisotopic (exact) mass is 383 g/mol. The van der Waals surface area contributed by atoms with E-state index in [1.54, 1.807) is 29.2 Å². The first-order chi connectivity index (χ1) is 13.6. The molecule has 7 heteroatoms. The summed E-state index contributed by atoms with van der Waals surface area (Å²) in [5, 5.41) is 0.507. The van der Waals surface area contributed by atoms with Crippen molar-refractivity contribution in [3.8, 4) is 5.75 Å². The number of benzene rings is 2. The highest BCUT2D eigenvalue weighted by Gasteiger charge is 2.16. The van der Waals surface area contributed by atoms with E-state index in [0.717, 1.165) is 12.8 Å². The fourth-order valence-electron chi connectivity index (χ4n) is 2.82. The minimum Gasteiger partial charge on any atom is -0.484 e. The Balaban J connectivity index is 1.74. The lowest BCUT2D eigenvalue weighted by Crippen LogP contribution is -2.36. The number of nitrogens with one attached hydrogen (secondary N) is 1. The van der Waals surface area contributed by atoms with Gasteiger partial charge in [-0.2, -0.15) is 0 Å². The Kier molecular flexibility index (Phi) is 6.37. The van der Waals surface area contributed by atoms with Crippen LogP contribution in [0.5, 0.6) is 5.75 Å². The van der Waals surface area contributed by atoms with Gasteiger partial charge in [-0.25, -0.2) is 9.37 Å². The molecule has 0 aliphatic heterocycles. The number of H-pyrrole nitrogens is 1. The van der Waals surface area contributed by atoms with Gasteiger partial charge in [-0.15, -0.1) is 0 Å². The standard InChI is InChI=1S/C21H22FN3O3/c1-2-3-11-25(20(26)14-28-16-8-6-7-15(22)12-16)13-19-23-18-10-5-4-9-17(18)21(27)24-19/h4-10,12H,2-3,11,13-14H2,1H3,(H,23,24,27). The van der Waals surface area contributed by atoms with Gasteiger partial charge in [0.2, 0.25) is 0 Å². The zero-order valence-corrected chi connectivity index (χ0v) is 15.7. The van der Waals surface area contributed by atoms with Crippen LogP contribution in [0.4, 0.5) is 4.39 Å². The second-order valence-corrected chi connectivity index (χ2v) is 6.44. The van der Waals surface area contributed by atoms with E-state index in [2.05, 4.69) is 9.97 Å². The van der Waals surface area contributed by atoms with E-state index < -0.39 is 5.82 Å². The molecule has 2 aromatic carbocycles. The zero-order valence-electron chi connectivity index (χ0n) is 15.7. The lowest BCUT2D eigenvalue weighted by atomic mass is 10.2. The van der Waals surface area contributed by atoms with Crippen LogP contribution in [0.3, 0.4) is 0 Å². The molecule has 1 heterocycles. The van der Waals surface area contributed by atoms with Gasteiger partial charge in [0.1, 0.15) is 17.4 Å². The summed E-state index contributed by atoms with van der Waals surface area (Å²) in [4.78, 5) is 33.7. The first kappa shape index (κ1) is 19.5. The third-order valence-corrected chi connectivity index (χ3v) is 4.30. The summed E-state index contributed by atoms with van der Waals surface area (Å²) in [7, 11) is 0. The quantitative estimate of drug-likeness (QED) is 0.648. The molecular weight excluding hydrogens is 361 g/mol. The maximum Gasteiger partial charge on any atom is 0.260 e. The van der Waals surface area contributed by atoms with Crippen LogP contribution in [0.25, 0.3) is 10.9 Å². The molecule has 146 valence electrons. The third-order valence-electron chi connectivity index (χ3n) is 4.30. The van der Waals surface area contributed by atoms with Crippen LogP contribution in [0.2, 0.25) is 0 Å². The average molecular weight is 383 g/mol. The Morgan fingerprint density at radius 2 is 2.04 bits per heavy atom. The number of halogens is 1. The Labute approximate surface area is 162 Å². The predicted octanol–water partition coefficient (Wildman–Crippen LogP) is 3.27. The minimum atomic E-state index is -0.425. The summed E-state index contributed by atoms with van der Waals surface area (Å²) in [6.45, 7) is 2.50. The summed E-state index contributed by atoms with van der Waals surface area (Å²) in [6, 6.07) is 12.7. The van der Waals surface area contributed by atoms with Gasteiger partial charge in [0, 0.05) is 12.6 Å². The number of para-hydroxylation sites is 1. The van der Waals surface area contributed by atoms with Crippen LogP contribution in [0.15, 0.2) is 53.3 Å². The molecule has 1 amide bonds. The van der Waals surface area contributed by atoms with Crippen molar-refractivity contribution in [1.82, 2.24) is 14.9 Å². The van der Waals surface area contributed by atoms with Crippen LogP contribution in [-0.4, -0.2) is 33.9 Å². The Bertz CT molecular complexity index is 1020. The van der Waals surface area contributed by atoms with Gasteiger partial charge in [0.25, 0.3) is 11.5 Å². The number of nitrogens with zero attached hydrogens (tertiary/aromatic N) is 2. The molecule has 28 heavy (non-hydrogen) atoms. The number of rotatable bonds is 8. The number of hydrogen-bond donors (Lipinski definition) is 1. The number of carbonyl (C=O) groups is 1. The van der Waals surface area contributed by atoms with Gasteiger partial charge >= 0.3 is 0 Å². The molecule has 0 saturated carbocycles. The lowest BCUT2D eigenvalue weighted by molar-refractivity contribution is -0.134. The van der Waals surface area contributed by atoms with E-state index in [0.29, 0.717) is 29.0 Å². The number of aromatic amines is 1. The van der Waals surface area contributed by atoms with Crippen molar-refractivity contribution in [3.63, 3.8) is 0 Å². The van der Waals surface area contributed by atoms with Crippen LogP contribution < -0.4 is 10.3 Å². The van der Waals surface area contributed by atoms with Gasteiger partial charge in [0.15, 0.2) is 6.61 Å². The molecule has 0 unspecified atom stereocenters. The predicted molar refractivity (Wildman–Crippen MR) is 105 cm³/mol. The third kappa shape index (κ3) is 4.94. The second-order valence-electron chi connectivity index (χ2n) is 6.44. The maximum absolute atomic E-state index is 13.3. The first-order valence-corrected chi connectivity index (χ1v) is 9.21. The Morgan fingerprint density at radius 1 is 1.21 bits per heavy atom. The number of fused-ring (bicyclic) bond motifs is 1. The molecule has 0 aliphatic rings. The number of aromatic nitrogens is 2. The highest BCUT2D eigenvalue weighted by Crippen LogP contribution is 2.13. The molecule has 0 radical (unpaired) electrons. The minimum absolute atomic E-state index is 0.172. The summed E-state index contributed by atoms with van der Waals surface area (Å²) >= 11 is 0. The normalized spacial score (nSPS) is 10.8. The summed E-state index contributed by atoms with van der Waals surface area (Å²) in [5.74, 6) is 0.0270. The van der Waals surface area contributed by atoms with Crippen molar-refractivity contribution in [2.75, 3.05) is 13.2 Å². The van der Waals surface area contributed by atoms with Crippen LogP contribution in [0.1, 0.15) is 25.6 Å². The van der Waals surface area contributed by atoms with Crippen molar-refractivity contribution < 1.29 is 13.9 Å². The molecule has 0 aliphatic carbocycles. The summed E-state index contributed by atoms with van der Waals surface area (Å²) in [5.41, 5.74) is 0.347. The highest BCUT2D eigenvalue weighted by atomic mass is 19.1. The van der Waals surface area contributed by atoms with E-state index in [-0.39, 0.29) is 24.6 Å². The van der Waals surface area contributed by atoms with Crippen LogP contribution >= 0.6 is 0 Å². The Morgan fingerprint density at radius 3 is 2.82 bits per heavy atom. The van der Waals surface area contributed by atoms with Crippen molar-refractivity contribution in [2.24, 2.45) is 0 Å². The van der Waals surface area contributed by atoms with E-state index >= 15 is 0 Å². The molecule has 1 aromatic heterocycles. The molecule has 1 N–H and O–H groups in total. The van der Waals surface area contributed by atoms with E-state index in [9.17, 15) is 14.0 Å². The van der Waals surface area contributed by atoms with E-state index in [1.165, 1.54) is 18.2 Å². The van der Waals surface area contributed by atoms with Gasteiger partial charge in [-0.05, 0) is 30.7 Å². The maximum atomic E-state index is 13.3. The smallest absolute Gasteiger partial charge is 0.260 e. The molecule has 3 rings (SSSR count). The van der Waals surface area contributed by atoms with Crippen molar-refractivity contribution in [2.45, 2.75) is 26.3 Å². The lowest BCUT2D eigenvalue weighted by Gasteiger charge is -2.22. The first-order valence-electron chi connectivity index (χ1n) is 9.21. The molecule has 0 bridgehead atoms. The van der Waals surface area contributed by atoms with Gasteiger partial charge in [-0.1, -0.05) is 31.5 Å². The van der Waals surface area contributed by atoms with Gasteiger partial charge in [0.05, 0.1) is 17.4 Å². The molecule has 0 atom stereocenters. The molecule has 6 nitrogen and oxygen atoms in total. The number of unbranched alkanes of at least 4 members (excludes halogenated alkanes) is 1. The van der Waals surface area contributed by atoms with Crippen molar-refractivity contribution >= 4 is 16.8 Å². The van der Waals surface area contributed by atoms with Crippen molar-refractivity contribution in [1.29, 1.82) is 0 Å². The molecule has 0 fully saturated rings. The topological polar surface area (TPSA) is 75.3 Å². The van der Waals surface area contributed by atoms with Crippen LogP contribution in [-0.2, 0) is 11.3 Å². The van der Waals surface area contributed by atoms with Crippen LogP contribution in [0, 0.1) is 5.82 Å². The van der Waals surface area contributed by atoms with Crippen molar-refractivity contribution in [3.05, 3.63) is 70.5 Å². The molecule has 3 aromatic rings. The number of amides is 1. The van der Waals surface area contributed by atoms with Gasteiger partial charge < -0.3 is 14.6 Å². The Hall–Kier alpha value is -3.22. The molecular formula is C21H22FN3O3. The SMILES string of the molecule is CCCCN(Cc1nc2ccccc2c(=O)[nH]1)C(=O)COc1cccc(F)c1. The summed E-state index contributed by atoms with van der Waals surface area (Å²) in [6.07, 6.45) is 1.72. The zero-order chi connectivity index (χ0) is 19.9. The van der Waals surface area contributed by atoms with E-state index in [4.69, 9.17) is 4.74 Å². The fourth-order valence-corrected chi connectivity index (χ4v) is 2.82. The van der Waals surface area contributed by atoms with Gasteiger partial charge in [-0.3, -0.25) is 9.59 Å². The average Bonchev–Trinajstić information content (AvgIpc) is 2.69. The largest absolute Gasteiger partial charge is 0.484 e. The molecule has 0 saturated heterocycles. The number of hydrogen-bond acceptors (Lipinski definition) is 4. The van der Waals surface area contributed by atoms with E-state index in [1.807, 2.05) is 13.0 Å². The number of carbonyl (C=O) groups excluding carboxylic acids is 1. The number of ether oxygens (including phenoxy) is 1. The molecule has 0 spiro atoms. The second kappa shape index (κ2) is 9.12. The fraction of sp³-hybridized carbons (Fsp3) is 0.286. The summed E-state index contributed by atoms with van der Waals surface area (Å²) < 4.78 is 18.7. The highest BCUT2D eigenvalue weighted by molar-refractivity contribution is 5.78.